The first-order valence-electron chi connectivity index (χ1n) is 13.5. The van der Waals surface area contributed by atoms with Gasteiger partial charge in [0.05, 0.1) is 26.7 Å². The Balaban J connectivity index is 1.20. The van der Waals surface area contributed by atoms with Gasteiger partial charge in [0.25, 0.3) is 0 Å². The monoisotopic (exact) mass is 498 g/mol. The van der Waals surface area contributed by atoms with Crippen molar-refractivity contribution in [3.8, 4) is 11.5 Å². The maximum atomic E-state index is 13.9. The molecule has 3 unspecified atom stereocenters. The van der Waals surface area contributed by atoms with Gasteiger partial charge in [0.2, 0.25) is 5.60 Å². The van der Waals surface area contributed by atoms with Crippen molar-refractivity contribution < 1.29 is 23.9 Å². The third kappa shape index (κ3) is 4.14. The maximum Gasteiger partial charge on any atom is 0.348 e. The summed E-state index contributed by atoms with van der Waals surface area (Å²) in [5.41, 5.74) is 0.381. The lowest BCUT2D eigenvalue weighted by molar-refractivity contribution is -0.918. The Morgan fingerprint density at radius 3 is 2.24 bits per heavy atom. The van der Waals surface area contributed by atoms with Gasteiger partial charge in [-0.05, 0) is 37.0 Å². The Hall–Kier alpha value is -3.15. The lowest BCUT2D eigenvalue weighted by Crippen LogP contribution is -2.53. The van der Waals surface area contributed by atoms with E-state index in [4.69, 9.17) is 9.47 Å². The summed E-state index contributed by atoms with van der Waals surface area (Å²) >= 11 is 0. The topological polar surface area (TPSA) is 55.8 Å². The molecule has 2 bridgehead atoms. The number of benzene rings is 3. The van der Waals surface area contributed by atoms with Crippen LogP contribution in [0.4, 0.5) is 0 Å². The summed E-state index contributed by atoms with van der Waals surface area (Å²) in [6.45, 7) is 1.09. The second kappa shape index (κ2) is 9.30. The molecule has 5 heteroatoms. The predicted octanol–water partition coefficient (Wildman–Crippen LogP) is 5.45. The van der Waals surface area contributed by atoms with E-state index in [-0.39, 0.29) is 6.10 Å². The third-order valence-electron chi connectivity index (χ3n) is 9.05. The molecule has 1 aliphatic heterocycles. The van der Waals surface area contributed by atoms with Crippen LogP contribution in [0.25, 0.3) is 0 Å². The van der Waals surface area contributed by atoms with Crippen molar-refractivity contribution >= 4 is 5.97 Å². The molecule has 0 spiro atoms. The number of nitrogens with zero attached hydrogens (tertiary/aromatic N) is 1. The molecule has 4 atom stereocenters. The van der Waals surface area contributed by atoms with Crippen LogP contribution in [0.5, 0.6) is 11.5 Å². The minimum Gasteiger partial charge on any atom is -0.459 e. The van der Waals surface area contributed by atoms with Crippen molar-refractivity contribution in [3.05, 3.63) is 95.6 Å². The zero-order chi connectivity index (χ0) is 25.6. The van der Waals surface area contributed by atoms with Crippen LogP contribution in [-0.2, 0) is 21.6 Å². The number of quaternary nitrogens is 1. The summed E-state index contributed by atoms with van der Waals surface area (Å²) in [5, 5.41) is 12.0. The van der Waals surface area contributed by atoms with Crippen molar-refractivity contribution in [3.63, 3.8) is 0 Å². The Morgan fingerprint density at radius 1 is 0.946 bits per heavy atom. The molecule has 0 aromatic heterocycles. The average molecular weight is 499 g/mol. The number of fused-ring (bicyclic) bond motifs is 4. The number of carbonyl (C=O) groups is 1. The van der Waals surface area contributed by atoms with E-state index in [1.807, 2.05) is 24.3 Å². The van der Waals surface area contributed by atoms with Crippen LogP contribution < -0.4 is 4.74 Å². The average Bonchev–Trinajstić information content (AvgIpc) is 3.46. The number of ether oxygens (including phenoxy) is 2. The minimum absolute atomic E-state index is 0.157. The highest BCUT2D eigenvalue weighted by Crippen LogP contribution is 2.52. The number of aliphatic hydroxyl groups is 1. The van der Waals surface area contributed by atoms with E-state index in [1.165, 1.54) is 5.56 Å². The molecule has 2 saturated carbocycles. The van der Waals surface area contributed by atoms with E-state index in [1.54, 1.807) is 24.3 Å². The van der Waals surface area contributed by atoms with Crippen molar-refractivity contribution in [2.24, 2.45) is 11.8 Å². The molecule has 2 fully saturated rings. The van der Waals surface area contributed by atoms with E-state index < -0.39 is 11.6 Å². The Kier molecular flexibility index (Phi) is 6.09. The zero-order valence-corrected chi connectivity index (χ0v) is 21.7. The van der Waals surface area contributed by atoms with Gasteiger partial charge in [-0.2, -0.15) is 0 Å². The van der Waals surface area contributed by atoms with Crippen LogP contribution >= 0.6 is 0 Å². The fourth-order valence-corrected chi connectivity index (χ4v) is 7.12. The molecule has 2 aliphatic carbocycles. The number of aryl methyl sites for hydroxylation is 1. The Morgan fingerprint density at radius 2 is 1.57 bits per heavy atom. The van der Waals surface area contributed by atoms with E-state index >= 15 is 0 Å². The summed E-state index contributed by atoms with van der Waals surface area (Å²) in [4.78, 5) is 13.9. The summed E-state index contributed by atoms with van der Waals surface area (Å²) in [5.74, 6) is 1.05. The Bertz CT molecular complexity index is 1240. The zero-order valence-electron chi connectivity index (χ0n) is 21.7. The molecular formula is C32H36NO4+. The van der Waals surface area contributed by atoms with E-state index in [0.717, 1.165) is 43.1 Å². The van der Waals surface area contributed by atoms with E-state index in [2.05, 4.69) is 44.4 Å². The van der Waals surface area contributed by atoms with Gasteiger partial charge in [0.15, 0.2) is 0 Å². The Labute approximate surface area is 219 Å². The van der Waals surface area contributed by atoms with Crippen LogP contribution in [0.3, 0.4) is 0 Å². The van der Waals surface area contributed by atoms with Gasteiger partial charge in [0, 0.05) is 35.8 Å². The van der Waals surface area contributed by atoms with Gasteiger partial charge in [-0.1, -0.05) is 66.7 Å². The molecule has 1 heterocycles. The van der Waals surface area contributed by atoms with Gasteiger partial charge < -0.3 is 19.1 Å². The highest BCUT2D eigenvalue weighted by Gasteiger charge is 2.58. The highest BCUT2D eigenvalue weighted by atomic mass is 16.6. The molecule has 5 nitrogen and oxygen atoms in total. The fourth-order valence-electron chi connectivity index (χ4n) is 7.12. The fraction of sp³-hybridized carbons (Fsp3) is 0.406. The van der Waals surface area contributed by atoms with Crippen LogP contribution in [-0.4, -0.2) is 48.3 Å². The largest absolute Gasteiger partial charge is 0.459 e. The quantitative estimate of drug-likeness (QED) is 0.348. The molecule has 0 radical (unpaired) electrons. The smallest absolute Gasteiger partial charge is 0.348 e. The molecule has 37 heavy (non-hydrogen) atoms. The van der Waals surface area contributed by atoms with Crippen LogP contribution in [0.1, 0.15) is 42.4 Å². The summed E-state index contributed by atoms with van der Waals surface area (Å²) < 4.78 is 13.2. The first-order chi connectivity index (χ1) is 17.9. The summed E-state index contributed by atoms with van der Waals surface area (Å²) in [7, 11) is 4.65. The molecule has 3 aromatic carbocycles. The lowest BCUT2D eigenvalue weighted by atomic mass is 9.83. The molecule has 0 saturated heterocycles. The number of esters is 1. The maximum absolute atomic E-state index is 13.9. The number of para-hydroxylation sites is 2. The van der Waals surface area contributed by atoms with Crippen molar-refractivity contribution in [2.75, 3.05) is 20.6 Å². The number of rotatable bonds is 7. The second-order valence-corrected chi connectivity index (χ2v) is 11.6. The SMILES string of the molecule is C[N+](C)(CCCc1ccccc1)[C@H]1CC2CCC1C2OC(=O)C1(O)c2ccccc2Oc2ccccc21. The highest BCUT2D eigenvalue weighted by molar-refractivity contribution is 5.88. The van der Waals surface area contributed by atoms with Gasteiger partial charge in [-0.3, -0.25) is 0 Å². The third-order valence-corrected chi connectivity index (χ3v) is 9.05. The molecule has 3 aromatic rings. The lowest BCUT2D eigenvalue weighted by Gasteiger charge is -2.40. The van der Waals surface area contributed by atoms with Crippen molar-refractivity contribution in [1.82, 2.24) is 0 Å². The van der Waals surface area contributed by atoms with E-state index in [0.29, 0.717) is 40.5 Å². The second-order valence-electron chi connectivity index (χ2n) is 11.6. The summed E-state index contributed by atoms with van der Waals surface area (Å²) in [6, 6.07) is 25.5. The van der Waals surface area contributed by atoms with Gasteiger partial charge in [-0.25, -0.2) is 4.79 Å². The number of carbonyl (C=O) groups excluding carboxylic acids is 1. The normalized spacial score (nSPS) is 25.2. The van der Waals surface area contributed by atoms with Gasteiger partial charge >= 0.3 is 5.97 Å². The van der Waals surface area contributed by atoms with Crippen molar-refractivity contribution in [1.29, 1.82) is 0 Å². The first kappa shape index (κ1) is 24.2. The first-order valence-corrected chi connectivity index (χ1v) is 13.5. The summed E-state index contributed by atoms with van der Waals surface area (Å²) in [6.07, 6.45) is 5.27. The van der Waals surface area contributed by atoms with Crippen molar-refractivity contribution in [2.45, 2.75) is 49.9 Å². The van der Waals surface area contributed by atoms with Crippen LogP contribution in [0, 0.1) is 11.8 Å². The standard InChI is InChI=1S/C32H36NO4/c1-33(2,20-10-13-22-11-4-3-5-12-22)27-21-23-18-19-24(27)30(23)37-31(34)32(35)25-14-6-8-16-28(25)36-29-17-9-7-15-26(29)32/h3-9,11-12,14-17,23-24,27,30,35H,10,13,18-21H2,1-2H3/q+1/t23?,24?,27-,30?/m0/s1. The van der Waals surface area contributed by atoms with Gasteiger partial charge in [0.1, 0.15) is 17.6 Å². The predicted molar refractivity (Wildman–Crippen MR) is 142 cm³/mol. The van der Waals surface area contributed by atoms with E-state index in [9.17, 15) is 9.90 Å². The molecule has 192 valence electrons. The molecule has 0 amide bonds. The van der Waals surface area contributed by atoms with Crippen LogP contribution in [0.2, 0.25) is 0 Å². The van der Waals surface area contributed by atoms with Gasteiger partial charge in [-0.15, -0.1) is 0 Å². The molecule has 6 rings (SSSR count). The number of hydrogen-bond acceptors (Lipinski definition) is 4. The molecule has 1 N–H and O–H groups in total. The van der Waals surface area contributed by atoms with Crippen LogP contribution in [0.15, 0.2) is 78.9 Å². The minimum atomic E-state index is -1.89. The number of hydrogen-bond donors (Lipinski definition) is 1. The molecule has 3 aliphatic rings. The molecular weight excluding hydrogens is 462 g/mol.